The second-order valence-corrected chi connectivity index (χ2v) is 3.99. The fraction of sp³-hybridized carbons (Fsp3) is 0.417. The van der Waals surface area contributed by atoms with Crippen molar-refractivity contribution in [1.29, 1.82) is 0 Å². The van der Waals surface area contributed by atoms with Gasteiger partial charge in [0.05, 0.1) is 0 Å². The van der Waals surface area contributed by atoms with E-state index in [1.165, 1.54) is 12.1 Å². The molecule has 1 aromatic carbocycles. The van der Waals surface area contributed by atoms with Crippen LogP contribution in [0.25, 0.3) is 0 Å². The summed E-state index contributed by atoms with van der Waals surface area (Å²) in [6.07, 6.45) is 0.350. The Kier molecular flexibility index (Phi) is 3.58. The van der Waals surface area contributed by atoms with Gasteiger partial charge in [0.25, 0.3) is 0 Å². The molecule has 1 unspecified atom stereocenters. The predicted octanol–water partition coefficient (Wildman–Crippen LogP) is 0.513. The molecule has 0 bridgehead atoms. The lowest BCUT2D eigenvalue weighted by molar-refractivity contribution is -0.123. The number of nitrogens with zero attached hydrogens (tertiary/aromatic N) is 1. The lowest BCUT2D eigenvalue weighted by Crippen LogP contribution is -2.55. The van der Waals surface area contributed by atoms with E-state index in [9.17, 15) is 9.18 Å². The van der Waals surface area contributed by atoms with Crippen LogP contribution in [0.5, 0.6) is 0 Å². The summed E-state index contributed by atoms with van der Waals surface area (Å²) in [7, 11) is 0. The van der Waals surface area contributed by atoms with Gasteiger partial charge in [-0.2, -0.15) is 0 Å². The molecule has 1 fully saturated rings. The molecule has 1 saturated heterocycles. The Bertz CT molecular complexity index is 411. The standard InChI is InChI=1S/C12H15FN2O2/c13-9-2-1-3-10(8-9)15-6-5-14-12(17)11(15)4-7-16/h1-3,8,11,16H,4-7H2,(H,14,17). The second kappa shape index (κ2) is 5.14. The minimum atomic E-state index is -0.421. The van der Waals surface area contributed by atoms with E-state index in [-0.39, 0.29) is 18.3 Å². The average Bonchev–Trinajstić information content (AvgIpc) is 2.32. The molecule has 1 amide bonds. The van der Waals surface area contributed by atoms with Crippen LogP contribution < -0.4 is 10.2 Å². The van der Waals surface area contributed by atoms with E-state index in [2.05, 4.69) is 5.32 Å². The number of aliphatic hydroxyl groups excluding tert-OH is 1. The number of aliphatic hydroxyl groups is 1. The first-order valence-corrected chi connectivity index (χ1v) is 5.63. The maximum atomic E-state index is 13.2. The SMILES string of the molecule is O=C1NCCN(c2cccc(F)c2)C1CCO. The topological polar surface area (TPSA) is 52.6 Å². The molecule has 1 aromatic rings. The van der Waals surface area contributed by atoms with Crippen LogP contribution in [0.4, 0.5) is 10.1 Å². The number of hydrogen-bond donors (Lipinski definition) is 2. The van der Waals surface area contributed by atoms with Crippen LogP contribution in [0.3, 0.4) is 0 Å². The molecule has 92 valence electrons. The van der Waals surface area contributed by atoms with Crippen molar-refractivity contribution in [3.63, 3.8) is 0 Å². The molecule has 2 N–H and O–H groups in total. The molecule has 17 heavy (non-hydrogen) atoms. The maximum absolute atomic E-state index is 13.2. The number of carbonyl (C=O) groups is 1. The van der Waals surface area contributed by atoms with Gasteiger partial charge in [0.15, 0.2) is 0 Å². The van der Waals surface area contributed by atoms with Crippen molar-refractivity contribution in [2.45, 2.75) is 12.5 Å². The fourth-order valence-corrected chi connectivity index (χ4v) is 2.09. The molecule has 0 saturated carbocycles. The highest BCUT2D eigenvalue weighted by Gasteiger charge is 2.29. The first-order chi connectivity index (χ1) is 8.22. The molecule has 2 rings (SSSR count). The van der Waals surface area contributed by atoms with E-state index in [0.29, 0.717) is 25.2 Å². The summed E-state index contributed by atoms with van der Waals surface area (Å²) < 4.78 is 13.2. The van der Waals surface area contributed by atoms with Gasteiger partial charge in [0.1, 0.15) is 11.9 Å². The average molecular weight is 238 g/mol. The molecule has 1 aliphatic rings. The second-order valence-electron chi connectivity index (χ2n) is 3.99. The molecular weight excluding hydrogens is 223 g/mol. The minimum absolute atomic E-state index is 0.0656. The highest BCUT2D eigenvalue weighted by Crippen LogP contribution is 2.21. The van der Waals surface area contributed by atoms with Crippen LogP contribution >= 0.6 is 0 Å². The molecule has 1 heterocycles. The number of nitrogens with one attached hydrogen (secondary N) is 1. The van der Waals surface area contributed by atoms with E-state index in [4.69, 9.17) is 5.11 Å². The van der Waals surface area contributed by atoms with Crippen LogP contribution in [0.15, 0.2) is 24.3 Å². The summed E-state index contributed by atoms with van der Waals surface area (Å²) in [5.41, 5.74) is 0.679. The van der Waals surface area contributed by atoms with Gasteiger partial charge in [-0.25, -0.2) is 4.39 Å². The van der Waals surface area contributed by atoms with Gasteiger partial charge in [-0.05, 0) is 24.6 Å². The van der Waals surface area contributed by atoms with Crippen molar-refractivity contribution in [3.05, 3.63) is 30.1 Å². The van der Waals surface area contributed by atoms with Gasteiger partial charge in [-0.15, -0.1) is 0 Å². The van der Waals surface area contributed by atoms with Gasteiger partial charge in [-0.3, -0.25) is 4.79 Å². The highest BCUT2D eigenvalue weighted by molar-refractivity contribution is 5.86. The number of amides is 1. The Morgan fingerprint density at radius 2 is 2.35 bits per heavy atom. The molecule has 0 aliphatic carbocycles. The van der Waals surface area contributed by atoms with Crippen LogP contribution in [-0.4, -0.2) is 36.8 Å². The molecular formula is C12H15FN2O2. The zero-order valence-electron chi connectivity index (χ0n) is 9.40. The molecule has 1 aliphatic heterocycles. The summed E-state index contributed by atoms with van der Waals surface area (Å²) >= 11 is 0. The van der Waals surface area contributed by atoms with Crippen LogP contribution in [0, 0.1) is 5.82 Å². The molecule has 0 spiro atoms. The summed E-state index contributed by atoms with van der Waals surface area (Å²) in [5, 5.41) is 11.7. The zero-order valence-corrected chi connectivity index (χ0v) is 9.40. The third kappa shape index (κ3) is 2.55. The van der Waals surface area contributed by atoms with Gasteiger partial charge in [0, 0.05) is 25.4 Å². The number of hydrogen-bond acceptors (Lipinski definition) is 3. The van der Waals surface area contributed by atoms with Crippen molar-refractivity contribution in [1.82, 2.24) is 5.32 Å². The van der Waals surface area contributed by atoms with Crippen molar-refractivity contribution >= 4 is 11.6 Å². The van der Waals surface area contributed by atoms with E-state index in [0.717, 1.165) is 0 Å². The van der Waals surface area contributed by atoms with Crippen molar-refractivity contribution < 1.29 is 14.3 Å². The number of benzene rings is 1. The molecule has 0 aromatic heterocycles. The van der Waals surface area contributed by atoms with Crippen molar-refractivity contribution in [2.75, 3.05) is 24.6 Å². The van der Waals surface area contributed by atoms with Crippen molar-refractivity contribution in [3.8, 4) is 0 Å². The lowest BCUT2D eigenvalue weighted by Gasteiger charge is -2.36. The smallest absolute Gasteiger partial charge is 0.242 e. The lowest BCUT2D eigenvalue weighted by atomic mass is 10.1. The largest absolute Gasteiger partial charge is 0.396 e. The third-order valence-electron chi connectivity index (χ3n) is 2.87. The minimum Gasteiger partial charge on any atom is -0.396 e. The number of carbonyl (C=O) groups excluding carboxylic acids is 1. The van der Waals surface area contributed by atoms with Crippen LogP contribution in [0.1, 0.15) is 6.42 Å². The van der Waals surface area contributed by atoms with Gasteiger partial charge < -0.3 is 15.3 Å². The molecule has 1 atom stereocenters. The number of halogens is 1. The molecule has 0 radical (unpaired) electrons. The number of rotatable bonds is 3. The van der Waals surface area contributed by atoms with Gasteiger partial charge >= 0.3 is 0 Å². The van der Waals surface area contributed by atoms with Crippen LogP contribution in [0.2, 0.25) is 0 Å². The molecule has 5 heteroatoms. The van der Waals surface area contributed by atoms with E-state index in [1.807, 2.05) is 4.90 Å². The first-order valence-electron chi connectivity index (χ1n) is 5.63. The Balaban J connectivity index is 2.24. The Morgan fingerprint density at radius 1 is 1.53 bits per heavy atom. The van der Waals surface area contributed by atoms with E-state index >= 15 is 0 Å². The quantitative estimate of drug-likeness (QED) is 0.807. The van der Waals surface area contributed by atoms with E-state index in [1.54, 1.807) is 12.1 Å². The maximum Gasteiger partial charge on any atom is 0.242 e. The fourth-order valence-electron chi connectivity index (χ4n) is 2.09. The number of piperazine rings is 1. The summed E-state index contributed by atoms with van der Waals surface area (Å²) in [6, 6.07) is 5.74. The van der Waals surface area contributed by atoms with Gasteiger partial charge in [-0.1, -0.05) is 6.07 Å². The Labute approximate surface area is 99.0 Å². The first kappa shape index (κ1) is 11.9. The third-order valence-corrected chi connectivity index (χ3v) is 2.87. The zero-order chi connectivity index (χ0) is 12.3. The van der Waals surface area contributed by atoms with Gasteiger partial charge in [0.2, 0.25) is 5.91 Å². The van der Waals surface area contributed by atoms with E-state index < -0.39 is 6.04 Å². The van der Waals surface area contributed by atoms with Crippen LogP contribution in [-0.2, 0) is 4.79 Å². The predicted molar refractivity (Wildman–Crippen MR) is 62.2 cm³/mol. The summed E-state index contributed by atoms with van der Waals surface area (Å²) in [4.78, 5) is 13.5. The summed E-state index contributed by atoms with van der Waals surface area (Å²) in [6.45, 7) is 1.10. The summed E-state index contributed by atoms with van der Waals surface area (Å²) in [5.74, 6) is -0.439. The van der Waals surface area contributed by atoms with Crippen molar-refractivity contribution in [2.24, 2.45) is 0 Å². The number of anilines is 1. The highest BCUT2D eigenvalue weighted by atomic mass is 19.1. The normalized spacial score (nSPS) is 20.2. The molecule has 4 nitrogen and oxygen atoms in total. The monoisotopic (exact) mass is 238 g/mol. The Morgan fingerprint density at radius 3 is 3.06 bits per heavy atom. The Hall–Kier alpha value is -1.62.